The third-order valence-corrected chi connectivity index (χ3v) is 3.85. The van der Waals surface area contributed by atoms with Crippen LogP contribution in [-0.4, -0.2) is 37.3 Å². The van der Waals surface area contributed by atoms with Gasteiger partial charge in [0.1, 0.15) is 0 Å². The molecule has 0 saturated heterocycles. The number of benzene rings is 1. The number of pyridine rings is 1. The maximum Gasteiger partial charge on any atom is 0.387 e. The molecule has 2 N–H and O–H groups in total. The third kappa shape index (κ3) is 9.11. The lowest BCUT2D eigenvalue weighted by atomic mass is 10.2. The van der Waals surface area contributed by atoms with Crippen molar-refractivity contribution in [2.75, 3.05) is 13.7 Å². The van der Waals surface area contributed by atoms with E-state index in [1.165, 1.54) is 0 Å². The Bertz CT molecular complexity index is 821. The summed E-state index contributed by atoms with van der Waals surface area (Å²) in [6, 6.07) is 8.73. The highest BCUT2D eigenvalue weighted by Gasteiger charge is 2.16. The Hall–Kier alpha value is -2.37. The molecular formula is C21H29F2IN4O3. The number of nitrogens with one attached hydrogen (secondary N) is 2. The number of ether oxygens (including phenoxy) is 3. The maximum absolute atomic E-state index is 12.8. The number of nitrogens with zero attached hydrogens (tertiary/aromatic N) is 2. The van der Waals surface area contributed by atoms with Crippen molar-refractivity contribution in [3.63, 3.8) is 0 Å². The van der Waals surface area contributed by atoms with Gasteiger partial charge < -0.3 is 24.8 Å². The lowest BCUT2D eigenvalue weighted by molar-refractivity contribution is -0.0520. The van der Waals surface area contributed by atoms with Crippen LogP contribution in [0.2, 0.25) is 0 Å². The second-order valence-electron chi connectivity index (χ2n) is 6.51. The minimum absolute atomic E-state index is 0. The highest BCUT2D eigenvalue weighted by Crippen LogP contribution is 2.32. The maximum atomic E-state index is 12.8. The van der Waals surface area contributed by atoms with Gasteiger partial charge in [-0.05, 0) is 32.4 Å². The zero-order chi connectivity index (χ0) is 21.9. The van der Waals surface area contributed by atoms with Crippen molar-refractivity contribution >= 4 is 29.9 Å². The minimum atomic E-state index is -2.95. The van der Waals surface area contributed by atoms with Crippen LogP contribution in [0.1, 0.15) is 31.9 Å². The second-order valence-corrected chi connectivity index (χ2v) is 6.51. The smallest absolute Gasteiger partial charge is 0.387 e. The lowest BCUT2D eigenvalue weighted by Gasteiger charge is -2.17. The van der Waals surface area contributed by atoms with Gasteiger partial charge in [0, 0.05) is 38.0 Å². The number of para-hydroxylation sites is 1. The van der Waals surface area contributed by atoms with Gasteiger partial charge in [-0.3, -0.25) is 4.99 Å². The second kappa shape index (κ2) is 13.8. The van der Waals surface area contributed by atoms with E-state index < -0.39 is 6.61 Å². The number of hydrogen-bond acceptors (Lipinski definition) is 5. The molecule has 0 atom stereocenters. The third-order valence-electron chi connectivity index (χ3n) is 3.85. The van der Waals surface area contributed by atoms with Gasteiger partial charge in [-0.25, -0.2) is 4.98 Å². The summed E-state index contributed by atoms with van der Waals surface area (Å²) in [5.74, 6) is 1.36. The predicted octanol–water partition coefficient (Wildman–Crippen LogP) is 4.35. The van der Waals surface area contributed by atoms with E-state index in [4.69, 9.17) is 9.47 Å². The fraction of sp³-hybridized carbons (Fsp3) is 0.429. The van der Waals surface area contributed by atoms with Crippen LogP contribution < -0.4 is 24.8 Å². The molecule has 0 unspecified atom stereocenters. The first-order chi connectivity index (χ1) is 14.4. The van der Waals surface area contributed by atoms with E-state index in [-0.39, 0.29) is 48.1 Å². The Balaban J connectivity index is 0.00000480. The van der Waals surface area contributed by atoms with E-state index in [2.05, 4.69) is 25.3 Å². The fourth-order valence-corrected chi connectivity index (χ4v) is 2.60. The van der Waals surface area contributed by atoms with Crippen LogP contribution in [0.15, 0.2) is 41.5 Å². The monoisotopic (exact) mass is 550 g/mol. The highest BCUT2D eigenvalue weighted by molar-refractivity contribution is 14.0. The van der Waals surface area contributed by atoms with Crippen LogP contribution in [0.25, 0.3) is 0 Å². The highest BCUT2D eigenvalue weighted by atomic mass is 127. The molecule has 0 amide bonds. The molecule has 7 nitrogen and oxygen atoms in total. The van der Waals surface area contributed by atoms with Crippen molar-refractivity contribution in [3.8, 4) is 17.4 Å². The van der Waals surface area contributed by atoms with Gasteiger partial charge in [-0.1, -0.05) is 18.2 Å². The summed E-state index contributed by atoms with van der Waals surface area (Å²) < 4.78 is 41.3. The molecule has 10 heteroatoms. The summed E-state index contributed by atoms with van der Waals surface area (Å²) >= 11 is 0. The normalized spacial score (nSPS) is 11.2. The van der Waals surface area contributed by atoms with Crippen LogP contribution in [0, 0.1) is 0 Å². The molecule has 31 heavy (non-hydrogen) atoms. The van der Waals surface area contributed by atoms with Crippen LogP contribution in [0.5, 0.6) is 17.4 Å². The largest absolute Gasteiger partial charge is 0.490 e. The quantitative estimate of drug-likeness (QED) is 0.260. The minimum Gasteiger partial charge on any atom is -0.490 e. The Morgan fingerprint density at radius 3 is 2.42 bits per heavy atom. The number of alkyl halides is 2. The summed E-state index contributed by atoms with van der Waals surface area (Å²) in [7, 11) is 1.63. The van der Waals surface area contributed by atoms with Gasteiger partial charge in [-0.15, -0.1) is 24.0 Å². The van der Waals surface area contributed by atoms with Gasteiger partial charge in [0.05, 0.1) is 12.7 Å². The first-order valence-corrected chi connectivity index (χ1v) is 9.68. The Morgan fingerprint density at radius 2 is 1.84 bits per heavy atom. The zero-order valence-corrected chi connectivity index (χ0v) is 20.4. The lowest BCUT2D eigenvalue weighted by Crippen LogP contribution is -2.36. The molecule has 172 valence electrons. The summed E-state index contributed by atoms with van der Waals surface area (Å²) in [5.41, 5.74) is 1.47. The van der Waals surface area contributed by atoms with Crippen molar-refractivity contribution in [2.45, 2.75) is 46.6 Å². The van der Waals surface area contributed by atoms with Gasteiger partial charge in [-0.2, -0.15) is 8.78 Å². The molecule has 0 fully saturated rings. The fourth-order valence-electron chi connectivity index (χ4n) is 2.60. The molecule has 0 saturated carbocycles. The molecule has 0 aliphatic rings. The number of hydrogen-bond donors (Lipinski definition) is 2. The van der Waals surface area contributed by atoms with Gasteiger partial charge >= 0.3 is 6.61 Å². The number of halogens is 3. The SMILES string of the molecule is CCOc1cccc(CNC(=NC)NCc2ccc(OC(C)C)nc2)c1OC(F)F.I. The Labute approximate surface area is 198 Å². The Kier molecular flexibility index (Phi) is 11.9. The van der Waals surface area contributed by atoms with Crippen LogP contribution >= 0.6 is 24.0 Å². The van der Waals surface area contributed by atoms with Crippen LogP contribution in [-0.2, 0) is 13.1 Å². The van der Waals surface area contributed by atoms with Gasteiger partial charge in [0.15, 0.2) is 17.5 Å². The standard InChI is InChI=1S/C21H28F2N4O3.HI/c1-5-28-17-8-6-7-16(19(17)30-20(22)23)13-27-21(24-4)26-12-15-9-10-18(25-11-15)29-14(2)3;/h6-11,14,20H,5,12-13H2,1-4H3,(H2,24,26,27);1H. The van der Waals surface area contributed by atoms with Crippen LogP contribution in [0.3, 0.4) is 0 Å². The average Bonchev–Trinajstić information content (AvgIpc) is 2.70. The van der Waals surface area contributed by atoms with E-state index in [1.54, 1.807) is 44.4 Å². The molecule has 1 heterocycles. The zero-order valence-electron chi connectivity index (χ0n) is 18.0. The Morgan fingerprint density at radius 1 is 1.10 bits per heavy atom. The molecule has 0 aliphatic heterocycles. The van der Waals surface area contributed by atoms with Gasteiger partial charge in [0.25, 0.3) is 0 Å². The number of rotatable bonds is 10. The van der Waals surface area contributed by atoms with Crippen LogP contribution in [0.4, 0.5) is 8.78 Å². The van der Waals surface area contributed by atoms with E-state index in [0.717, 1.165) is 5.56 Å². The molecule has 0 aliphatic carbocycles. The molecule has 0 bridgehead atoms. The molecule has 1 aromatic carbocycles. The summed E-state index contributed by atoms with van der Waals surface area (Å²) in [6.07, 6.45) is 1.78. The van der Waals surface area contributed by atoms with E-state index in [1.807, 2.05) is 19.9 Å². The van der Waals surface area contributed by atoms with E-state index in [9.17, 15) is 8.78 Å². The number of guanidine groups is 1. The van der Waals surface area contributed by atoms with Crippen molar-refractivity contribution in [1.29, 1.82) is 0 Å². The summed E-state index contributed by atoms with van der Waals surface area (Å²) in [6.45, 7) is 3.76. The van der Waals surface area contributed by atoms with E-state index in [0.29, 0.717) is 30.6 Å². The molecule has 2 aromatic rings. The van der Waals surface area contributed by atoms with Crippen molar-refractivity contribution in [1.82, 2.24) is 15.6 Å². The van der Waals surface area contributed by atoms with Crippen molar-refractivity contribution in [3.05, 3.63) is 47.7 Å². The molecule has 0 spiro atoms. The number of aromatic nitrogens is 1. The topological polar surface area (TPSA) is 77.0 Å². The van der Waals surface area contributed by atoms with Gasteiger partial charge in [0.2, 0.25) is 5.88 Å². The first-order valence-electron chi connectivity index (χ1n) is 9.68. The first kappa shape index (κ1) is 26.7. The van der Waals surface area contributed by atoms with Crippen molar-refractivity contribution < 1.29 is 23.0 Å². The molecular weight excluding hydrogens is 521 g/mol. The average molecular weight is 550 g/mol. The van der Waals surface area contributed by atoms with E-state index >= 15 is 0 Å². The van der Waals surface area contributed by atoms with Crippen molar-refractivity contribution in [2.24, 2.45) is 4.99 Å². The summed E-state index contributed by atoms with van der Waals surface area (Å²) in [5, 5.41) is 6.24. The molecule has 1 aromatic heterocycles. The predicted molar refractivity (Wildman–Crippen MR) is 127 cm³/mol. The molecule has 2 rings (SSSR count). The number of aliphatic imine (C=N–C) groups is 1. The summed E-state index contributed by atoms with van der Waals surface area (Å²) in [4.78, 5) is 8.41. The molecule has 0 radical (unpaired) electrons.